The second-order valence-electron chi connectivity index (χ2n) is 5.48. The number of nitrogens with two attached hydrogens (primary N) is 1. The normalized spacial score (nSPS) is 22.8. The van der Waals surface area contributed by atoms with Crippen molar-refractivity contribution in [1.29, 1.82) is 0 Å². The van der Waals surface area contributed by atoms with Crippen LogP contribution in [0.5, 0.6) is 0 Å². The van der Waals surface area contributed by atoms with Crippen LogP contribution in [-0.2, 0) is 21.2 Å². The molecule has 3 rings (SSSR count). The van der Waals surface area contributed by atoms with Crippen LogP contribution in [0.15, 0.2) is 18.2 Å². The van der Waals surface area contributed by atoms with Crippen LogP contribution in [0.2, 0.25) is 0 Å². The zero-order chi connectivity index (χ0) is 14.2. The molecule has 1 atom stereocenters. The summed E-state index contributed by atoms with van der Waals surface area (Å²) in [4.78, 5) is 0. The third-order valence-electron chi connectivity index (χ3n) is 3.94. The van der Waals surface area contributed by atoms with Crippen molar-refractivity contribution in [2.75, 3.05) is 28.9 Å². The predicted octanol–water partition coefficient (Wildman–Crippen LogP) is 1.53. The van der Waals surface area contributed by atoms with Crippen molar-refractivity contribution in [2.45, 2.75) is 31.8 Å². The largest absolute Gasteiger partial charge is 0.399 e. The van der Waals surface area contributed by atoms with Gasteiger partial charge in [0.1, 0.15) is 0 Å². The Morgan fingerprint density at radius 2 is 2.20 bits per heavy atom. The monoisotopic (exact) mass is 296 g/mol. The quantitative estimate of drug-likeness (QED) is 0.859. The first-order valence-corrected chi connectivity index (χ1v) is 8.67. The number of sulfonamides is 1. The highest BCUT2D eigenvalue weighted by atomic mass is 32.2. The van der Waals surface area contributed by atoms with Gasteiger partial charge in [0, 0.05) is 18.8 Å². The SMILES string of the molecule is Nc1ccc2c(c1)N(S(=O)(=O)CC1CCCO1)CCC2. The first kappa shape index (κ1) is 13.7. The summed E-state index contributed by atoms with van der Waals surface area (Å²) in [5.41, 5.74) is 8.21. The van der Waals surface area contributed by atoms with E-state index in [2.05, 4.69) is 0 Å². The van der Waals surface area contributed by atoms with Gasteiger partial charge in [-0.15, -0.1) is 0 Å². The van der Waals surface area contributed by atoms with Crippen LogP contribution in [0.25, 0.3) is 0 Å². The maximum Gasteiger partial charge on any atom is 0.237 e. The van der Waals surface area contributed by atoms with E-state index in [1.165, 1.54) is 4.31 Å². The Morgan fingerprint density at radius 1 is 1.35 bits per heavy atom. The Morgan fingerprint density at radius 3 is 2.95 bits per heavy atom. The molecule has 1 aromatic rings. The lowest BCUT2D eigenvalue weighted by molar-refractivity contribution is 0.127. The molecule has 0 amide bonds. The van der Waals surface area contributed by atoms with Crippen molar-refractivity contribution in [3.8, 4) is 0 Å². The molecule has 2 aliphatic rings. The van der Waals surface area contributed by atoms with Gasteiger partial charge in [0.25, 0.3) is 0 Å². The lowest BCUT2D eigenvalue weighted by Crippen LogP contribution is -2.39. The van der Waals surface area contributed by atoms with E-state index in [9.17, 15) is 8.42 Å². The van der Waals surface area contributed by atoms with Gasteiger partial charge in [-0.05, 0) is 43.4 Å². The Balaban J connectivity index is 1.88. The minimum absolute atomic E-state index is 0.0707. The second kappa shape index (κ2) is 5.26. The van der Waals surface area contributed by atoms with Crippen molar-refractivity contribution < 1.29 is 13.2 Å². The molecule has 6 heteroatoms. The highest BCUT2D eigenvalue weighted by Crippen LogP contribution is 2.32. The standard InChI is InChI=1S/C14H20N2O3S/c15-12-6-5-11-3-1-7-16(14(11)9-12)20(17,18)10-13-4-2-8-19-13/h5-6,9,13H,1-4,7-8,10,15H2. The Labute approximate surface area is 119 Å². The molecule has 0 aromatic heterocycles. The van der Waals surface area contributed by atoms with Crippen molar-refractivity contribution in [2.24, 2.45) is 0 Å². The number of nitrogen functional groups attached to an aromatic ring is 1. The molecule has 1 fully saturated rings. The van der Waals surface area contributed by atoms with E-state index in [1.54, 1.807) is 6.07 Å². The average Bonchev–Trinajstić information content (AvgIpc) is 2.90. The third-order valence-corrected chi connectivity index (χ3v) is 5.79. The van der Waals surface area contributed by atoms with Crippen molar-refractivity contribution >= 4 is 21.4 Å². The topological polar surface area (TPSA) is 72.6 Å². The van der Waals surface area contributed by atoms with E-state index >= 15 is 0 Å². The number of ether oxygens (including phenoxy) is 1. The van der Waals surface area contributed by atoms with Gasteiger partial charge in [-0.2, -0.15) is 0 Å². The number of benzene rings is 1. The Bertz CT molecular complexity index is 594. The zero-order valence-corrected chi connectivity index (χ0v) is 12.2. The summed E-state index contributed by atoms with van der Waals surface area (Å²) in [7, 11) is -3.34. The van der Waals surface area contributed by atoms with Crippen molar-refractivity contribution in [3.63, 3.8) is 0 Å². The number of hydrogen-bond donors (Lipinski definition) is 1. The molecular formula is C14H20N2O3S. The number of hydrogen-bond acceptors (Lipinski definition) is 4. The van der Waals surface area contributed by atoms with Gasteiger partial charge in [0.05, 0.1) is 17.5 Å². The van der Waals surface area contributed by atoms with Gasteiger partial charge in [0.2, 0.25) is 10.0 Å². The molecule has 2 aliphatic heterocycles. The van der Waals surface area contributed by atoms with Crippen LogP contribution in [0.4, 0.5) is 11.4 Å². The molecule has 2 N–H and O–H groups in total. The molecular weight excluding hydrogens is 276 g/mol. The Hall–Kier alpha value is -1.27. The summed E-state index contributed by atoms with van der Waals surface area (Å²) >= 11 is 0. The highest BCUT2D eigenvalue weighted by molar-refractivity contribution is 7.92. The van der Waals surface area contributed by atoms with E-state index in [0.717, 1.165) is 36.9 Å². The molecule has 2 heterocycles. The van der Waals surface area contributed by atoms with Gasteiger partial charge >= 0.3 is 0 Å². The van der Waals surface area contributed by atoms with Crippen LogP contribution in [-0.4, -0.2) is 33.4 Å². The smallest absolute Gasteiger partial charge is 0.237 e. The van der Waals surface area contributed by atoms with E-state index in [1.807, 2.05) is 12.1 Å². The zero-order valence-electron chi connectivity index (χ0n) is 11.4. The maximum atomic E-state index is 12.6. The number of rotatable bonds is 3. The lowest BCUT2D eigenvalue weighted by Gasteiger charge is -2.31. The number of anilines is 2. The first-order valence-electron chi connectivity index (χ1n) is 7.07. The number of fused-ring (bicyclic) bond motifs is 1. The van der Waals surface area contributed by atoms with Gasteiger partial charge < -0.3 is 10.5 Å². The summed E-state index contributed by atoms with van der Waals surface area (Å²) < 4.78 is 32.2. The average molecular weight is 296 g/mol. The molecule has 5 nitrogen and oxygen atoms in total. The molecule has 0 saturated carbocycles. The molecule has 0 bridgehead atoms. The fraction of sp³-hybridized carbons (Fsp3) is 0.571. The molecule has 110 valence electrons. The molecule has 0 spiro atoms. The molecule has 20 heavy (non-hydrogen) atoms. The highest BCUT2D eigenvalue weighted by Gasteiger charge is 2.31. The van der Waals surface area contributed by atoms with Crippen molar-refractivity contribution in [1.82, 2.24) is 0 Å². The number of nitrogens with zero attached hydrogens (tertiary/aromatic N) is 1. The molecule has 1 unspecified atom stereocenters. The Kier molecular flexibility index (Phi) is 3.60. The lowest BCUT2D eigenvalue weighted by atomic mass is 10.0. The van der Waals surface area contributed by atoms with E-state index in [4.69, 9.17) is 10.5 Å². The summed E-state index contributed by atoms with van der Waals surface area (Å²) in [5, 5.41) is 0. The van der Waals surface area contributed by atoms with Gasteiger partial charge in [-0.3, -0.25) is 4.31 Å². The van der Waals surface area contributed by atoms with Crippen LogP contribution < -0.4 is 10.0 Å². The second-order valence-corrected chi connectivity index (χ2v) is 7.42. The van der Waals surface area contributed by atoms with Crippen LogP contribution in [0.1, 0.15) is 24.8 Å². The molecule has 1 aromatic carbocycles. The molecule has 0 radical (unpaired) electrons. The summed E-state index contributed by atoms with van der Waals surface area (Å²) in [5.74, 6) is 0.0707. The maximum absolute atomic E-state index is 12.6. The van der Waals surface area contributed by atoms with E-state index in [0.29, 0.717) is 18.8 Å². The minimum atomic E-state index is -3.34. The van der Waals surface area contributed by atoms with Crippen LogP contribution in [0, 0.1) is 0 Å². The predicted molar refractivity (Wildman–Crippen MR) is 79.3 cm³/mol. The fourth-order valence-electron chi connectivity index (χ4n) is 2.95. The van der Waals surface area contributed by atoms with Gasteiger partial charge in [-0.1, -0.05) is 6.07 Å². The summed E-state index contributed by atoms with van der Waals surface area (Å²) in [6, 6.07) is 5.52. The van der Waals surface area contributed by atoms with Gasteiger partial charge in [0.15, 0.2) is 0 Å². The third kappa shape index (κ3) is 2.62. The van der Waals surface area contributed by atoms with E-state index < -0.39 is 10.0 Å². The van der Waals surface area contributed by atoms with Gasteiger partial charge in [-0.25, -0.2) is 8.42 Å². The molecule has 1 saturated heterocycles. The first-order chi connectivity index (χ1) is 9.56. The van der Waals surface area contributed by atoms with Crippen LogP contribution >= 0.6 is 0 Å². The van der Waals surface area contributed by atoms with E-state index in [-0.39, 0.29) is 11.9 Å². The van der Waals surface area contributed by atoms with Crippen molar-refractivity contribution in [3.05, 3.63) is 23.8 Å². The van der Waals surface area contributed by atoms with Crippen LogP contribution in [0.3, 0.4) is 0 Å². The summed E-state index contributed by atoms with van der Waals surface area (Å²) in [6.45, 7) is 1.20. The number of aryl methyl sites for hydroxylation is 1. The minimum Gasteiger partial charge on any atom is -0.399 e. The summed E-state index contributed by atoms with van der Waals surface area (Å²) in [6.07, 6.45) is 3.37. The fourth-order valence-corrected chi connectivity index (χ4v) is 4.74. The molecule has 0 aliphatic carbocycles.